The van der Waals surface area contributed by atoms with Gasteiger partial charge in [-0.05, 0) is 48.2 Å². The van der Waals surface area contributed by atoms with E-state index in [1.165, 1.54) is 0 Å². The number of anilines is 1. The fourth-order valence-corrected chi connectivity index (χ4v) is 3.81. The van der Waals surface area contributed by atoms with Gasteiger partial charge in [0.1, 0.15) is 6.54 Å². The molecule has 3 aromatic rings. The molecule has 0 bridgehead atoms. The number of benzene rings is 3. The van der Waals surface area contributed by atoms with Gasteiger partial charge in [0, 0.05) is 5.69 Å². The van der Waals surface area contributed by atoms with Crippen LogP contribution in [0.1, 0.15) is 22.3 Å². The Bertz CT molecular complexity index is 1150. The number of para-hydroxylation sites is 1. The Labute approximate surface area is 180 Å². The number of urea groups is 1. The van der Waals surface area contributed by atoms with Crippen molar-refractivity contribution in [2.75, 3.05) is 11.9 Å². The molecule has 4 rings (SSSR count). The van der Waals surface area contributed by atoms with Gasteiger partial charge in [0.05, 0.1) is 0 Å². The Morgan fingerprint density at radius 2 is 1.52 bits per heavy atom. The van der Waals surface area contributed by atoms with Crippen LogP contribution in [0.4, 0.5) is 10.5 Å². The van der Waals surface area contributed by atoms with Gasteiger partial charge in [-0.15, -0.1) is 0 Å². The average Bonchev–Trinajstić information content (AvgIpc) is 3.02. The van der Waals surface area contributed by atoms with E-state index < -0.39 is 23.4 Å². The smallest absolute Gasteiger partial charge is 0.325 e. The Hall–Kier alpha value is -3.93. The number of imide groups is 1. The number of hydrogen-bond acceptors (Lipinski definition) is 3. The van der Waals surface area contributed by atoms with Crippen LogP contribution in [0.5, 0.6) is 0 Å². The number of rotatable bonds is 5. The lowest BCUT2D eigenvalue weighted by Gasteiger charge is -2.28. The molecule has 31 heavy (non-hydrogen) atoms. The first kappa shape index (κ1) is 20.3. The minimum atomic E-state index is -1.39. The van der Waals surface area contributed by atoms with Crippen LogP contribution in [0.25, 0.3) is 0 Å². The number of carbonyl (C=O) groups excluding carboxylic acids is 3. The predicted octanol–water partition coefficient (Wildman–Crippen LogP) is 3.74. The molecule has 0 radical (unpaired) electrons. The Kier molecular flexibility index (Phi) is 5.29. The molecule has 6 heteroatoms. The summed E-state index contributed by atoms with van der Waals surface area (Å²) in [6.07, 6.45) is 0. The maximum absolute atomic E-state index is 13.7. The second kappa shape index (κ2) is 8.07. The van der Waals surface area contributed by atoms with Crippen LogP contribution in [0.2, 0.25) is 0 Å². The van der Waals surface area contributed by atoms with Crippen LogP contribution in [-0.2, 0) is 15.1 Å². The number of hydrogen-bond donors (Lipinski definition) is 2. The summed E-state index contributed by atoms with van der Waals surface area (Å²) in [5.41, 5.74) is 2.61. The molecule has 156 valence electrons. The summed E-state index contributed by atoms with van der Waals surface area (Å²) in [5, 5.41) is 5.59. The molecule has 1 heterocycles. The molecular weight excluding hydrogens is 390 g/mol. The molecule has 1 saturated heterocycles. The van der Waals surface area contributed by atoms with Crippen LogP contribution in [0.3, 0.4) is 0 Å². The van der Waals surface area contributed by atoms with Crippen molar-refractivity contribution in [3.8, 4) is 0 Å². The summed E-state index contributed by atoms with van der Waals surface area (Å²) in [5.74, 6) is -0.922. The molecule has 1 unspecified atom stereocenters. The van der Waals surface area contributed by atoms with Gasteiger partial charge < -0.3 is 10.6 Å². The van der Waals surface area contributed by atoms with Crippen LogP contribution >= 0.6 is 0 Å². The second-order valence-corrected chi connectivity index (χ2v) is 7.65. The largest absolute Gasteiger partial charge is 0.326 e. The van der Waals surface area contributed by atoms with Gasteiger partial charge in [0.15, 0.2) is 5.54 Å². The van der Waals surface area contributed by atoms with E-state index in [4.69, 9.17) is 0 Å². The highest BCUT2D eigenvalue weighted by Gasteiger charge is 2.54. The van der Waals surface area contributed by atoms with E-state index in [1.807, 2.05) is 56.3 Å². The van der Waals surface area contributed by atoms with Gasteiger partial charge in [-0.2, -0.15) is 0 Å². The molecule has 3 aromatic carbocycles. The SMILES string of the molecule is Cc1ccc(C2(c3ccccc3)NC(=O)N(CC(=O)Nc3ccccc3)C2=O)cc1C. The Morgan fingerprint density at radius 1 is 0.871 bits per heavy atom. The maximum atomic E-state index is 13.7. The third-order valence-electron chi connectivity index (χ3n) is 5.61. The first-order valence-corrected chi connectivity index (χ1v) is 10.0. The fraction of sp³-hybridized carbons (Fsp3) is 0.160. The van der Waals surface area contributed by atoms with Gasteiger partial charge in [-0.25, -0.2) is 4.79 Å². The van der Waals surface area contributed by atoms with Crippen molar-refractivity contribution in [3.05, 3.63) is 101 Å². The zero-order chi connectivity index (χ0) is 22.0. The van der Waals surface area contributed by atoms with Crippen LogP contribution in [-0.4, -0.2) is 29.3 Å². The Balaban J connectivity index is 1.70. The van der Waals surface area contributed by atoms with E-state index in [9.17, 15) is 14.4 Å². The van der Waals surface area contributed by atoms with Gasteiger partial charge in [0.25, 0.3) is 5.91 Å². The van der Waals surface area contributed by atoms with E-state index in [2.05, 4.69) is 10.6 Å². The molecule has 2 N–H and O–H groups in total. The molecule has 0 aromatic heterocycles. The van der Waals surface area contributed by atoms with Crippen molar-refractivity contribution in [2.45, 2.75) is 19.4 Å². The first-order chi connectivity index (χ1) is 14.9. The number of aryl methyl sites for hydroxylation is 2. The molecule has 4 amide bonds. The zero-order valence-electron chi connectivity index (χ0n) is 17.4. The van der Waals surface area contributed by atoms with Gasteiger partial charge in [0.2, 0.25) is 5.91 Å². The highest BCUT2D eigenvalue weighted by Crippen LogP contribution is 2.36. The maximum Gasteiger partial charge on any atom is 0.326 e. The highest BCUT2D eigenvalue weighted by atomic mass is 16.2. The van der Waals surface area contributed by atoms with Crippen LogP contribution in [0, 0.1) is 13.8 Å². The molecule has 6 nitrogen and oxygen atoms in total. The van der Waals surface area contributed by atoms with Crippen molar-refractivity contribution in [3.63, 3.8) is 0 Å². The van der Waals surface area contributed by atoms with Gasteiger partial charge >= 0.3 is 6.03 Å². The van der Waals surface area contributed by atoms with E-state index in [0.717, 1.165) is 16.0 Å². The normalized spacial score (nSPS) is 18.1. The topological polar surface area (TPSA) is 78.5 Å². The van der Waals surface area contributed by atoms with E-state index in [1.54, 1.807) is 36.4 Å². The highest BCUT2D eigenvalue weighted by molar-refractivity contribution is 6.12. The lowest BCUT2D eigenvalue weighted by Crippen LogP contribution is -2.45. The molecule has 0 saturated carbocycles. The number of amides is 4. The monoisotopic (exact) mass is 413 g/mol. The molecule has 1 fully saturated rings. The summed E-state index contributed by atoms with van der Waals surface area (Å²) < 4.78 is 0. The van der Waals surface area contributed by atoms with Crippen molar-refractivity contribution in [1.29, 1.82) is 0 Å². The summed E-state index contributed by atoms with van der Waals surface area (Å²) in [7, 11) is 0. The summed E-state index contributed by atoms with van der Waals surface area (Å²) >= 11 is 0. The standard InChI is InChI=1S/C25H23N3O3/c1-17-13-14-20(15-18(17)2)25(19-9-5-3-6-10-19)23(30)28(24(31)27-25)16-22(29)26-21-11-7-4-8-12-21/h3-15H,16H2,1-2H3,(H,26,29)(H,27,31). The lowest BCUT2D eigenvalue weighted by molar-refractivity contribution is -0.133. The van der Waals surface area contributed by atoms with Crippen molar-refractivity contribution in [2.24, 2.45) is 0 Å². The lowest BCUT2D eigenvalue weighted by atomic mass is 9.81. The fourth-order valence-electron chi connectivity index (χ4n) is 3.81. The third-order valence-corrected chi connectivity index (χ3v) is 5.61. The van der Waals surface area contributed by atoms with Crippen molar-refractivity contribution < 1.29 is 14.4 Å². The van der Waals surface area contributed by atoms with E-state index in [-0.39, 0.29) is 6.54 Å². The zero-order valence-corrected chi connectivity index (χ0v) is 17.4. The Morgan fingerprint density at radius 3 is 2.16 bits per heavy atom. The second-order valence-electron chi connectivity index (χ2n) is 7.65. The predicted molar refractivity (Wildman–Crippen MR) is 118 cm³/mol. The summed E-state index contributed by atoms with van der Waals surface area (Å²) in [4.78, 5) is 40.1. The number of nitrogens with one attached hydrogen (secondary N) is 2. The number of nitrogens with zero attached hydrogens (tertiary/aromatic N) is 1. The molecule has 1 aliphatic heterocycles. The van der Waals surface area contributed by atoms with Crippen LogP contribution < -0.4 is 10.6 Å². The molecule has 1 atom stereocenters. The average molecular weight is 413 g/mol. The quantitative estimate of drug-likeness (QED) is 0.626. The van der Waals surface area contributed by atoms with Crippen molar-refractivity contribution in [1.82, 2.24) is 10.2 Å². The molecule has 0 spiro atoms. The summed E-state index contributed by atoms with van der Waals surface area (Å²) in [6, 6.07) is 23.1. The summed E-state index contributed by atoms with van der Waals surface area (Å²) in [6.45, 7) is 3.58. The van der Waals surface area contributed by atoms with Crippen molar-refractivity contribution >= 4 is 23.5 Å². The van der Waals surface area contributed by atoms with Gasteiger partial charge in [-0.3, -0.25) is 14.5 Å². The van der Waals surface area contributed by atoms with E-state index in [0.29, 0.717) is 16.8 Å². The van der Waals surface area contributed by atoms with Crippen LogP contribution in [0.15, 0.2) is 78.9 Å². The van der Waals surface area contributed by atoms with Gasteiger partial charge in [-0.1, -0.05) is 66.7 Å². The molecule has 1 aliphatic rings. The molecular formula is C25H23N3O3. The molecule has 0 aliphatic carbocycles. The minimum Gasteiger partial charge on any atom is -0.325 e. The minimum absolute atomic E-state index is 0.376. The number of carbonyl (C=O) groups is 3. The third kappa shape index (κ3) is 3.68. The first-order valence-electron chi connectivity index (χ1n) is 10.0. The van der Waals surface area contributed by atoms with E-state index >= 15 is 0 Å².